The van der Waals surface area contributed by atoms with Gasteiger partial charge in [0.05, 0.1) is 13.0 Å². The highest BCUT2D eigenvalue weighted by atomic mass is 31.0. The standard InChI is InChI=1S/C23H29N2O4P.C2H6/c1-15-10-16(12-18(30)11-15)13-19(26)24-14-20(27)25-21(17-8-6-5-7-9-17)22(28)29-23(2,3)4;1-2/h5-12,21H,13-14,30H2,1-4H3,(H,24,26)(H,25,27);1-2H3. The molecule has 0 aliphatic carbocycles. The highest BCUT2D eigenvalue weighted by Gasteiger charge is 2.28. The molecule has 32 heavy (non-hydrogen) atoms. The number of carbonyl (C=O) groups is 3. The number of carbonyl (C=O) groups excluding carboxylic acids is 3. The monoisotopic (exact) mass is 458 g/mol. The number of hydrogen-bond acceptors (Lipinski definition) is 4. The first-order valence-electron chi connectivity index (χ1n) is 10.7. The normalized spacial score (nSPS) is 11.5. The summed E-state index contributed by atoms with van der Waals surface area (Å²) in [6, 6.07) is 13.8. The zero-order chi connectivity index (χ0) is 24.3. The molecule has 2 unspecified atom stereocenters. The summed E-state index contributed by atoms with van der Waals surface area (Å²) in [4.78, 5) is 37.3. The second-order valence-corrected chi connectivity index (χ2v) is 8.82. The minimum absolute atomic E-state index is 0.171. The lowest BCUT2D eigenvalue weighted by atomic mass is 10.1. The van der Waals surface area contributed by atoms with Gasteiger partial charge in [0.15, 0.2) is 6.04 Å². The number of nitrogens with one attached hydrogen (secondary N) is 2. The Bertz CT molecular complexity index is 888. The lowest BCUT2D eigenvalue weighted by Crippen LogP contribution is -2.43. The van der Waals surface area contributed by atoms with E-state index in [9.17, 15) is 14.4 Å². The van der Waals surface area contributed by atoms with Gasteiger partial charge in [-0.15, -0.1) is 9.24 Å². The quantitative estimate of drug-likeness (QED) is 0.492. The lowest BCUT2D eigenvalue weighted by molar-refractivity contribution is -0.158. The van der Waals surface area contributed by atoms with E-state index < -0.39 is 23.5 Å². The van der Waals surface area contributed by atoms with Crippen molar-refractivity contribution >= 4 is 32.3 Å². The first-order valence-corrected chi connectivity index (χ1v) is 11.3. The minimum atomic E-state index is -0.953. The maximum absolute atomic E-state index is 12.6. The molecule has 2 N–H and O–H groups in total. The molecule has 2 rings (SSSR count). The van der Waals surface area contributed by atoms with Gasteiger partial charge in [0.25, 0.3) is 0 Å². The summed E-state index contributed by atoms with van der Waals surface area (Å²) in [6.07, 6.45) is 0.171. The van der Waals surface area contributed by atoms with Crippen LogP contribution in [0.25, 0.3) is 0 Å². The molecule has 0 aliphatic rings. The van der Waals surface area contributed by atoms with Crippen LogP contribution in [-0.2, 0) is 25.5 Å². The minimum Gasteiger partial charge on any atom is -0.458 e. The van der Waals surface area contributed by atoms with Crippen molar-refractivity contribution in [1.82, 2.24) is 10.6 Å². The molecule has 6 nitrogen and oxygen atoms in total. The molecule has 0 aliphatic heterocycles. The third-order valence-corrected chi connectivity index (χ3v) is 4.38. The molecule has 2 atom stereocenters. The summed E-state index contributed by atoms with van der Waals surface area (Å²) < 4.78 is 5.44. The van der Waals surface area contributed by atoms with Crippen LogP contribution in [0.2, 0.25) is 0 Å². The maximum atomic E-state index is 12.6. The van der Waals surface area contributed by atoms with Gasteiger partial charge < -0.3 is 15.4 Å². The van der Waals surface area contributed by atoms with Gasteiger partial charge in [-0.05, 0) is 44.1 Å². The van der Waals surface area contributed by atoms with Gasteiger partial charge in [-0.2, -0.15) is 0 Å². The predicted molar refractivity (Wildman–Crippen MR) is 132 cm³/mol. The average molecular weight is 459 g/mol. The van der Waals surface area contributed by atoms with E-state index in [2.05, 4.69) is 19.9 Å². The van der Waals surface area contributed by atoms with E-state index in [1.807, 2.05) is 45.0 Å². The molecule has 0 heterocycles. The number of rotatable bonds is 7. The van der Waals surface area contributed by atoms with Crippen LogP contribution in [0, 0.1) is 6.92 Å². The average Bonchev–Trinajstić information content (AvgIpc) is 2.70. The van der Waals surface area contributed by atoms with Gasteiger partial charge >= 0.3 is 5.97 Å². The van der Waals surface area contributed by atoms with E-state index in [1.165, 1.54) is 0 Å². The Kier molecular flexibility index (Phi) is 11.1. The Labute approximate surface area is 193 Å². The number of esters is 1. The number of benzene rings is 2. The number of hydrogen-bond donors (Lipinski definition) is 2. The molecular weight excluding hydrogens is 423 g/mol. The molecule has 7 heteroatoms. The van der Waals surface area contributed by atoms with Crippen molar-refractivity contribution in [1.29, 1.82) is 0 Å². The Morgan fingerprint density at radius 1 is 1.00 bits per heavy atom. The lowest BCUT2D eigenvalue weighted by Gasteiger charge is -2.25. The molecule has 0 spiro atoms. The highest BCUT2D eigenvalue weighted by molar-refractivity contribution is 7.27. The van der Waals surface area contributed by atoms with Crippen LogP contribution in [0.4, 0.5) is 0 Å². The predicted octanol–water partition coefficient (Wildman–Crippen LogP) is 3.38. The summed E-state index contributed by atoms with van der Waals surface area (Å²) in [5.74, 6) is -1.30. The van der Waals surface area contributed by atoms with Gasteiger partial charge in [0.2, 0.25) is 11.8 Å². The number of aryl methyl sites for hydroxylation is 1. The zero-order valence-electron chi connectivity index (χ0n) is 19.8. The first-order chi connectivity index (χ1) is 15.0. The summed E-state index contributed by atoms with van der Waals surface area (Å²) in [5.41, 5.74) is 1.85. The van der Waals surface area contributed by atoms with E-state index in [1.54, 1.807) is 45.0 Å². The second kappa shape index (κ2) is 13.0. The largest absolute Gasteiger partial charge is 0.458 e. The van der Waals surface area contributed by atoms with Crippen molar-refractivity contribution in [2.24, 2.45) is 0 Å². The van der Waals surface area contributed by atoms with E-state index in [0.717, 1.165) is 16.4 Å². The van der Waals surface area contributed by atoms with Crippen LogP contribution >= 0.6 is 9.24 Å². The topological polar surface area (TPSA) is 84.5 Å². The van der Waals surface area contributed by atoms with Gasteiger partial charge in [0, 0.05) is 0 Å². The van der Waals surface area contributed by atoms with Crippen molar-refractivity contribution in [2.75, 3.05) is 6.54 Å². The third-order valence-electron chi connectivity index (χ3n) is 4.05. The Morgan fingerprint density at radius 3 is 2.19 bits per heavy atom. The highest BCUT2D eigenvalue weighted by Crippen LogP contribution is 2.18. The van der Waals surface area contributed by atoms with Crippen molar-refractivity contribution in [3.8, 4) is 0 Å². The van der Waals surface area contributed by atoms with E-state index >= 15 is 0 Å². The molecule has 0 bridgehead atoms. The molecule has 0 fully saturated rings. The van der Waals surface area contributed by atoms with Crippen LogP contribution in [0.1, 0.15) is 57.4 Å². The summed E-state index contributed by atoms with van der Waals surface area (Å²) in [7, 11) is 2.61. The van der Waals surface area contributed by atoms with Crippen LogP contribution in [0.5, 0.6) is 0 Å². The summed E-state index contributed by atoms with van der Waals surface area (Å²) in [6.45, 7) is 11.0. The smallest absolute Gasteiger partial charge is 0.333 e. The molecule has 2 aromatic rings. The first kappa shape index (κ1) is 27.3. The van der Waals surface area contributed by atoms with Crippen LogP contribution < -0.4 is 15.9 Å². The molecular formula is C25H35N2O4P. The van der Waals surface area contributed by atoms with E-state index in [-0.39, 0.29) is 18.9 Å². The fourth-order valence-electron chi connectivity index (χ4n) is 2.92. The zero-order valence-corrected chi connectivity index (χ0v) is 21.0. The Morgan fingerprint density at radius 2 is 1.62 bits per heavy atom. The van der Waals surface area contributed by atoms with Gasteiger partial charge in [-0.3, -0.25) is 9.59 Å². The number of ether oxygens (including phenoxy) is 1. The van der Waals surface area contributed by atoms with Crippen LogP contribution in [0.3, 0.4) is 0 Å². The summed E-state index contributed by atoms with van der Waals surface area (Å²) in [5, 5.41) is 6.26. The molecule has 0 saturated heterocycles. The molecule has 2 aromatic carbocycles. The fourth-order valence-corrected chi connectivity index (χ4v) is 3.40. The third kappa shape index (κ3) is 10.1. The van der Waals surface area contributed by atoms with E-state index in [4.69, 9.17) is 4.74 Å². The van der Waals surface area contributed by atoms with Crippen molar-refractivity contribution in [3.63, 3.8) is 0 Å². The number of amides is 2. The van der Waals surface area contributed by atoms with Gasteiger partial charge in [-0.1, -0.05) is 67.9 Å². The summed E-state index contributed by atoms with van der Waals surface area (Å²) >= 11 is 0. The maximum Gasteiger partial charge on any atom is 0.333 e. The van der Waals surface area contributed by atoms with Gasteiger partial charge in [-0.25, -0.2) is 4.79 Å². The Balaban J connectivity index is 0.00000249. The van der Waals surface area contributed by atoms with Crippen molar-refractivity contribution in [3.05, 3.63) is 65.2 Å². The second-order valence-electron chi connectivity index (χ2n) is 8.15. The molecule has 2 amide bonds. The van der Waals surface area contributed by atoms with Crippen molar-refractivity contribution in [2.45, 2.75) is 59.6 Å². The molecule has 174 valence electrons. The fraction of sp³-hybridized carbons (Fsp3) is 0.400. The SMILES string of the molecule is CC.Cc1cc(P)cc(CC(=O)NCC(=O)NC(C(=O)OC(C)(C)C)c2ccccc2)c1. The Hall–Kier alpha value is -2.72. The molecule has 0 aromatic heterocycles. The van der Waals surface area contributed by atoms with Crippen LogP contribution in [0.15, 0.2) is 48.5 Å². The van der Waals surface area contributed by atoms with Crippen molar-refractivity contribution < 1.29 is 19.1 Å². The molecule has 0 radical (unpaired) electrons. The molecule has 0 saturated carbocycles. The van der Waals surface area contributed by atoms with Crippen LogP contribution in [-0.4, -0.2) is 29.9 Å². The van der Waals surface area contributed by atoms with Gasteiger partial charge in [0.1, 0.15) is 5.60 Å². The van der Waals surface area contributed by atoms with E-state index in [0.29, 0.717) is 5.56 Å².